The maximum atomic E-state index is 11.9. The van der Waals surface area contributed by atoms with Crippen molar-refractivity contribution in [3.63, 3.8) is 0 Å². The van der Waals surface area contributed by atoms with Crippen molar-refractivity contribution in [1.29, 1.82) is 0 Å². The second kappa shape index (κ2) is 5.47. The molecule has 2 heterocycles. The third-order valence-corrected chi connectivity index (χ3v) is 3.75. The second-order valence-electron chi connectivity index (χ2n) is 4.05. The minimum Gasteiger partial charge on any atom is -0.368 e. The van der Waals surface area contributed by atoms with Crippen LogP contribution >= 0.6 is 11.3 Å². The predicted octanol–water partition coefficient (Wildman–Crippen LogP) is 0.108. The standard InChI is InChI=1S/C11H14N4O3S/c1-5-6(2)19-11-9(5)10(17)14-8(15-11)3-13-18-4-7(12)16/h13H,3-4H2,1-2H3,(H2,12,16)(H,14,15,17). The minimum atomic E-state index is -0.575. The first-order valence-corrected chi connectivity index (χ1v) is 6.42. The summed E-state index contributed by atoms with van der Waals surface area (Å²) >= 11 is 1.48. The van der Waals surface area contributed by atoms with Crippen molar-refractivity contribution < 1.29 is 9.63 Å². The number of aryl methyl sites for hydroxylation is 2. The number of carbonyl (C=O) groups excluding carboxylic acids is 1. The summed E-state index contributed by atoms with van der Waals surface area (Å²) < 4.78 is 0. The molecule has 0 unspecified atom stereocenters. The number of fused-ring (bicyclic) bond motifs is 1. The number of hydrogen-bond acceptors (Lipinski definition) is 6. The number of nitrogens with two attached hydrogens (primary N) is 1. The zero-order chi connectivity index (χ0) is 14.0. The maximum absolute atomic E-state index is 11.9. The van der Waals surface area contributed by atoms with Gasteiger partial charge in [0, 0.05) is 4.88 Å². The summed E-state index contributed by atoms with van der Waals surface area (Å²) in [5.74, 6) is -0.128. The summed E-state index contributed by atoms with van der Waals surface area (Å²) in [6.07, 6.45) is 0. The van der Waals surface area contributed by atoms with Gasteiger partial charge in [0.05, 0.1) is 11.9 Å². The number of thiophene rings is 1. The van der Waals surface area contributed by atoms with Crippen molar-refractivity contribution in [2.45, 2.75) is 20.4 Å². The van der Waals surface area contributed by atoms with Gasteiger partial charge in [-0.05, 0) is 19.4 Å². The van der Waals surface area contributed by atoms with Gasteiger partial charge in [0.15, 0.2) is 0 Å². The summed E-state index contributed by atoms with van der Waals surface area (Å²) in [4.78, 5) is 36.0. The van der Waals surface area contributed by atoms with Gasteiger partial charge >= 0.3 is 0 Å². The van der Waals surface area contributed by atoms with Crippen LogP contribution in [0.2, 0.25) is 0 Å². The Morgan fingerprint density at radius 2 is 2.26 bits per heavy atom. The highest BCUT2D eigenvalue weighted by atomic mass is 32.1. The molecule has 2 rings (SSSR count). The number of primary amides is 1. The zero-order valence-corrected chi connectivity index (χ0v) is 11.4. The molecule has 2 aromatic rings. The summed E-state index contributed by atoms with van der Waals surface area (Å²) in [6.45, 7) is 3.81. The van der Waals surface area contributed by atoms with Crippen molar-refractivity contribution >= 4 is 27.5 Å². The zero-order valence-electron chi connectivity index (χ0n) is 10.6. The van der Waals surface area contributed by atoms with Gasteiger partial charge in [-0.3, -0.25) is 14.4 Å². The van der Waals surface area contributed by atoms with Crippen LogP contribution in [0.1, 0.15) is 16.3 Å². The summed E-state index contributed by atoms with van der Waals surface area (Å²) in [5.41, 5.74) is 8.22. The first-order valence-electron chi connectivity index (χ1n) is 5.61. The van der Waals surface area contributed by atoms with E-state index in [4.69, 9.17) is 10.6 Å². The van der Waals surface area contributed by atoms with Crippen molar-refractivity contribution in [3.05, 3.63) is 26.6 Å². The molecule has 0 saturated heterocycles. The topological polar surface area (TPSA) is 110 Å². The molecular formula is C11H14N4O3S. The Morgan fingerprint density at radius 3 is 2.95 bits per heavy atom. The van der Waals surface area contributed by atoms with E-state index < -0.39 is 5.91 Å². The van der Waals surface area contributed by atoms with Gasteiger partial charge in [0.25, 0.3) is 5.56 Å². The molecule has 0 spiro atoms. The van der Waals surface area contributed by atoms with Crippen molar-refractivity contribution in [2.75, 3.05) is 6.61 Å². The molecule has 0 radical (unpaired) electrons. The van der Waals surface area contributed by atoms with E-state index >= 15 is 0 Å². The van der Waals surface area contributed by atoms with Crippen molar-refractivity contribution in [2.24, 2.45) is 5.73 Å². The normalized spacial score (nSPS) is 11.1. The highest BCUT2D eigenvalue weighted by Gasteiger charge is 2.11. The molecule has 0 fully saturated rings. The van der Waals surface area contributed by atoms with Crippen LogP contribution in [0, 0.1) is 13.8 Å². The Kier molecular flexibility index (Phi) is 3.93. The van der Waals surface area contributed by atoms with E-state index in [0.29, 0.717) is 16.0 Å². The molecule has 0 atom stereocenters. The molecule has 0 aromatic carbocycles. The molecule has 0 aliphatic heterocycles. The van der Waals surface area contributed by atoms with Gasteiger partial charge in [-0.25, -0.2) is 4.98 Å². The predicted molar refractivity (Wildman–Crippen MR) is 71.7 cm³/mol. The highest BCUT2D eigenvalue weighted by Crippen LogP contribution is 2.25. The van der Waals surface area contributed by atoms with Crippen LogP contribution < -0.4 is 16.8 Å². The molecule has 7 nitrogen and oxygen atoms in total. The average Bonchev–Trinajstić information content (AvgIpc) is 2.61. The Labute approximate surface area is 112 Å². The molecule has 0 saturated carbocycles. The fourth-order valence-electron chi connectivity index (χ4n) is 1.62. The number of nitrogens with zero attached hydrogens (tertiary/aromatic N) is 1. The van der Waals surface area contributed by atoms with Gasteiger partial charge < -0.3 is 10.7 Å². The van der Waals surface area contributed by atoms with E-state index in [9.17, 15) is 9.59 Å². The lowest BCUT2D eigenvalue weighted by atomic mass is 10.2. The van der Waals surface area contributed by atoms with Gasteiger partial charge in [-0.1, -0.05) is 0 Å². The molecule has 0 aliphatic carbocycles. The SMILES string of the molecule is Cc1sc2nc(CNOCC(N)=O)[nH]c(=O)c2c1C. The number of rotatable bonds is 5. The monoisotopic (exact) mass is 282 g/mol. The van der Waals surface area contributed by atoms with Crippen LogP contribution in [0.5, 0.6) is 0 Å². The lowest BCUT2D eigenvalue weighted by Gasteiger charge is -2.03. The first kappa shape index (κ1) is 13.7. The van der Waals surface area contributed by atoms with Gasteiger partial charge in [0.1, 0.15) is 17.3 Å². The highest BCUT2D eigenvalue weighted by molar-refractivity contribution is 7.18. The quantitative estimate of drug-likeness (QED) is 0.532. The van der Waals surface area contributed by atoms with Gasteiger partial charge in [-0.2, -0.15) is 5.48 Å². The van der Waals surface area contributed by atoms with Gasteiger partial charge in [-0.15, -0.1) is 11.3 Å². The molecule has 0 aliphatic rings. The van der Waals surface area contributed by atoms with E-state index in [2.05, 4.69) is 15.4 Å². The number of amides is 1. The number of carbonyl (C=O) groups is 1. The Bertz CT molecular complexity index is 676. The smallest absolute Gasteiger partial charge is 0.259 e. The molecule has 8 heteroatoms. The number of nitrogens with one attached hydrogen (secondary N) is 2. The maximum Gasteiger partial charge on any atom is 0.259 e. The van der Waals surface area contributed by atoms with Gasteiger partial charge in [0.2, 0.25) is 5.91 Å². The van der Waals surface area contributed by atoms with Crippen LogP contribution in [0.4, 0.5) is 0 Å². The molecule has 19 heavy (non-hydrogen) atoms. The van der Waals surface area contributed by atoms with E-state index in [1.807, 2.05) is 13.8 Å². The summed E-state index contributed by atoms with van der Waals surface area (Å²) in [7, 11) is 0. The van der Waals surface area contributed by atoms with Crippen LogP contribution in [0.15, 0.2) is 4.79 Å². The Hall–Kier alpha value is -1.77. The summed E-state index contributed by atoms with van der Waals surface area (Å²) in [5, 5.41) is 0.629. The Balaban J connectivity index is 2.17. The van der Waals surface area contributed by atoms with E-state index in [1.165, 1.54) is 11.3 Å². The second-order valence-corrected chi connectivity index (χ2v) is 5.26. The molecule has 1 amide bonds. The van der Waals surface area contributed by atoms with Crippen LogP contribution in [0.3, 0.4) is 0 Å². The third-order valence-electron chi connectivity index (χ3n) is 2.64. The third kappa shape index (κ3) is 2.98. The Morgan fingerprint density at radius 1 is 1.53 bits per heavy atom. The lowest BCUT2D eigenvalue weighted by molar-refractivity contribution is -0.125. The molecule has 2 aromatic heterocycles. The van der Waals surface area contributed by atoms with E-state index in [-0.39, 0.29) is 18.7 Å². The molecular weight excluding hydrogens is 268 g/mol. The first-order chi connectivity index (χ1) is 8.99. The minimum absolute atomic E-state index is 0.168. The van der Waals surface area contributed by atoms with Crippen LogP contribution in [-0.2, 0) is 16.2 Å². The molecule has 102 valence electrons. The molecule has 0 bridgehead atoms. The van der Waals surface area contributed by atoms with Crippen molar-refractivity contribution in [1.82, 2.24) is 15.4 Å². The summed E-state index contributed by atoms with van der Waals surface area (Å²) in [6, 6.07) is 0. The van der Waals surface area contributed by atoms with E-state index in [0.717, 1.165) is 10.4 Å². The number of aromatic nitrogens is 2. The number of aromatic amines is 1. The fourth-order valence-corrected chi connectivity index (χ4v) is 2.67. The number of hydrogen-bond donors (Lipinski definition) is 3. The van der Waals surface area contributed by atoms with Crippen molar-refractivity contribution in [3.8, 4) is 0 Å². The van der Waals surface area contributed by atoms with Crippen LogP contribution in [-0.4, -0.2) is 22.5 Å². The molecule has 4 N–H and O–H groups in total. The number of hydroxylamine groups is 1. The average molecular weight is 282 g/mol. The largest absolute Gasteiger partial charge is 0.368 e. The van der Waals surface area contributed by atoms with E-state index in [1.54, 1.807) is 0 Å². The van der Waals surface area contributed by atoms with Crippen LogP contribution in [0.25, 0.3) is 10.2 Å². The lowest BCUT2D eigenvalue weighted by Crippen LogP contribution is -2.26. The fraction of sp³-hybridized carbons (Fsp3) is 0.364. The number of H-pyrrole nitrogens is 1.